The number of amidine groups is 2. The van der Waals surface area contributed by atoms with Crippen molar-refractivity contribution in [1.29, 1.82) is 10.8 Å². The lowest BCUT2D eigenvalue weighted by molar-refractivity contribution is 0.0700. The van der Waals surface area contributed by atoms with Crippen LogP contribution in [0.25, 0.3) is 0 Å². The highest BCUT2D eigenvalue weighted by atomic mass is 35.5. The molecular weight excluding hydrogens is 354 g/mol. The number of carbonyl (C=O) groups is 1. The average Bonchev–Trinajstić information content (AvgIpc) is 3.39. The fourth-order valence-corrected chi connectivity index (χ4v) is 3.24. The predicted molar refractivity (Wildman–Crippen MR) is 91.8 cm³/mol. The van der Waals surface area contributed by atoms with Gasteiger partial charge in [0.05, 0.1) is 21.7 Å². The Bertz CT molecular complexity index is 735. The van der Waals surface area contributed by atoms with Crippen LogP contribution in [0.5, 0.6) is 0 Å². The molecule has 1 aliphatic carbocycles. The van der Waals surface area contributed by atoms with E-state index >= 15 is 0 Å². The number of amides is 1. The lowest BCUT2D eigenvalue weighted by Crippen LogP contribution is -2.59. The van der Waals surface area contributed by atoms with Gasteiger partial charge in [-0.05, 0) is 31.9 Å². The molecule has 1 aliphatic heterocycles. The van der Waals surface area contributed by atoms with Gasteiger partial charge in [0, 0.05) is 19.0 Å². The Hall–Kier alpha value is -1.66. The molecule has 2 fully saturated rings. The third-order valence-corrected chi connectivity index (χ3v) is 5.36. The molecule has 1 aromatic rings. The van der Waals surface area contributed by atoms with Crippen molar-refractivity contribution in [1.82, 2.24) is 9.80 Å². The molecule has 24 heavy (non-hydrogen) atoms. The van der Waals surface area contributed by atoms with E-state index in [1.165, 1.54) is 11.0 Å². The summed E-state index contributed by atoms with van der Waals surface area (Å²) in [6.45, 7) is 2.51. The molecule has 2 N–H and O–H groups in total. The standard InChI is InChI=1S/C16H17Cl2FN4O/c1-8-14(20)23(15(21)9-2-3-9)7-6-22(8)16(24)10-4-5-11(19)13(18)12(10)17/h4-5,8-9,20-21H,2-3,6-7H2,1H3. The van der Waals surface area contributed by atoms with Crippen LogP contribution in [0.15, 0.2) is 12.1 Å². The van der Waals surface area contributed by atoms with E-state index in [9.17, 15) is 9.18 Å². The zero-order valence-electron chi connectivity index (χ0n) is 13.1. The Morgan fingerprint density at radius 1 is 1.25 bits per heavy atom. The Balaban J connectivity index is 1.81. The van der Waals surface area contributed by atoms with Crippen molar-refractivity contribution in [3.8, 4) is 0 Å². The quantitative estimate of drug-likeness (QED) is 0.473. The number of benzene rings is 1. The van der Waals surface area contributed by atoms with Gasteiger partial charge in [-0.1, -0.05) is 23.2 Å². The van der Waals surface area contributed by atoms with E-state index in [4.69, 9.17) is 34.0 Å². The molecule has 1 aromatic carbocycles. The van der Waals surface area contributed by atoms with Crippen molar-refractivity contribution in [2.45, 2.75) is 25.8 Å². The van der Waals surface area contributed by atoms with Crippen LogP contribution in [0, 0.1) is 22.6 Å². The maximum Gasteiger partial charge on any atom is 0.256 e. The predicted octanol–water partition coefficient (Wildman–Crippen LogP) is 3.64. The minimum atomic E-state index is -0.679. The molecule has 128 valence electrons. The summed E-state index contributed by atoms with van der Waals surface area (Å²) in [4.78, 5) is 15.9. The topological polar surface area (TPSA) is 71.2 Å². The van der Waals surface area contributed by atoms with Gasteiger partial charge in [-0.15, -0.1) is 0 Å². The lowest BCUT2D eigenvalue weighted by Gasteiger charge is -2.41. The number of rotatable bonds is 2. The number of hydrogen-bond donors (Lipinski definition) is 2. The third kappa shape index (κ3) is 2.89. The number of carbonyl (C=O) groups excluding carboxylic acids is 1. The van der Waals surface area contributed by atoms with E-state index in [1.807, 2.05) is 0 Å². The largest absolute Gasteiger partial charge is 0.327 e. The molecule has 2 aliphatic rings. The highest BCUT2D eigenvalue weighted by Gasteiger charge is 2.38. The van der Waals surface area contributed by atoms with Crippen LogP contribution in [-0.4, -0.2) is 46.5 Å². The van der Waals surface area contributed by atoms with Gasteiger partial charge >= 0.3 is 0 Å². The van der Waals surface area contributed by atoms with Crippen LogP contribution in [0.3, 0.4) is 0 Å². The van der Waals surface area contributed by atoms with Crippen LogP contribution in [-0.2, 0) is 0 Å². The Kier molecular flexibility index (Phi) is 4.53. The van der Waals surface area contributed by atoms with Gasteiger partial charge in [-0.2, -0.15) is 0 Å². The van der Waals surface area contributed by atoms with E-state index in [0.29, 0.717) is 18.9 Å². The second-order valence-electron chi connectivity index (χ2n) is 6.09. The first-order chi connectivity index (χ1) is 11.3. The maximum absolute atomic E-state index is 13.4. The molecule has 1 unspecified atom stereocenters. The summed E-state index contributed by atoms with van der Waals surface area (Å²) < 4.78 is 13.4. The molecule has 0 bridgehead atoms. The highest BCUT2D eigenvalue weighted by molar-refractivity contribution is 6.44. The average molecular weight is 371 g/mol. The van der Waals surface area contributed by atoms with Crippen molar-refractivity contribution in [3.05, 3.63) is 33.6 Å². The SMILES string of the molecule is CC1C(=N)N(C(=N)C2CC2)CCN1C(=O)c1ccc(F)c(Cl)c1Cl. The van der Waals surface area contributed by atoms with Gasteiger partial charge in [-0.25, -0.2) is 4.39 Å². The molecule has 5 nitrogen and oxygen atoms in total. The van der Waals surface area contributed by atoms with Crippen LogP contribution in [0.2, 0.25) is 10.0 Å². The minimum absolute atomic E-state index is 0.117. The minimum Gasteiger partial charge on any atom is -0.327 e. The zero-order chi connectivity index (χ0) is 17.6. The summed E-state index contributed by atoms with van der Waals surface area (Å²) >= 11 is 11.8. The van der Waals surface area contributed by atoms with Crippen molar-refractivity contribution < 1.29 is 9.18 Å². The first-order valence-corrected chi connectivity index (χ1v) is 8.47. The Morgan fingerprint density at radius 3 is 2.54 bits per heavy atom. The van der Waals surface area contributed by atoms with Gasteiger partial charge in [0.2, 0.25) is 0 Å². The van der Waals surface area contributed by atoms with Crippen LogP contribution in [0.4, 0.5) is 4.39 Å². The molecule has 1 atom stereocenters. The van der Waals surface area contributed by atoms with Crippen molar-refractivity contribution >= 4 is 40.8 Å². The molecular formula is C16H17Cl2FN4O. The summed E-state index contributed by atoms with van der Waals surface area (Å²) in [7, 11) is 0. The molecule has 3 rings (SSSR count). The molecule has 1 saturated carbocycles. The normalized spacial score (nSPS) is 21.2. The van der Waals surface area contributed by atoms with Gasteiger partial charge in [0.15, 0.2) is 0 Å². The maximum atomic E-state index is 13.4. The second kappa shape index (κ2) is 6.33. The molecule has 0 aromatic heterocycles. The lowest BCUT2D eigenvalue weighted by atomic mass is 10.1. The number of nitrogens with zero attached hydrogens (tertiary/aromatic N) is 2. The van der Waals surface area contributed by atoms with Gasteiger partial charge in [-0.3, -0.25) is 15.6 Å². The summed E-state index contributed by atoms with van der Waals surface area (Å²) in [5, 5.41) is 16.0. The Labute approximate surface area is 149 Å². The monoisotopic (exact) mass is 370 g/mol. The summed E-state index contributed by atoms with van der Waals surface area (Å²) in [6, 6.07) is 1.92. The summed E-state index contributed by atoms with van der Waals surface area (Å²) in [6.07, 6.45) is 1.98. The molecule has 0 radical (unpaired) electrons. The molecule has 8 heteroatoms. The second-order valence-corrected chi connectivity index (χ2v) is 6.85. The molecule has 1 heterocycles. The van der Waals surface area contributed by atoms with Crippen molar-refractivity contribution in [3.63, 3.8) is 0 Å². The van der Waals surface area contributed by atoms with Gasteiger partial charge < -0.3 is 9.80 Å². The summed E-state index contributed by atoms with van der Waals surface area (Å²) in [5.41, 5.74) is 0.119. The van der Waals surface area contributed by atoms with E-state index in [-0.39, 0.29) is 27.4 Å². The van der Waals surface area contributed by atoms with E-state index in [1.54, 1.807) is 11.8 Å². The van der Waals surface area contributed by atoms with Crippen LogP contribution < -0.4 is 0 Å². The van der Waals surface area contributed by atoms with Gasteiger partial charge in [0.25, 0.3) is 5.91 Å². The number of piperazine rings is 1. The fraction of sp³-hybridized carbons (Fsp3) is 0.438. The molecule has 1 amide bonds. The van der Waals surface area contributed by atoms with Crippen LogP contribution in [0.1, 0.15) is 30.1 Å². The summed E-state index contributed by atoms with van der Waals surface area (Å²) in [5.74, 6) is -0.152. The van der Waals surface area contributed by atoms with Gasteiger partial charge in [0.1, 0.15) is 17.5 Å². The molecule has 1 saturated heterocycles. The van der Waals surface area contributed by atoms with Crippen molar-refractivity contribution in [2.75, 3.05) is 13.1 Å². The van der Waals surface area contributed by atoms with Crippen molar-refractivity contribution in [2.24, 2.45) is 5.92 Å². The first kappa shape index (κ1) is 17.2. The van der Waals surface area contributed by atoms with Crippen LogP contribution >= 0.6 is 23.2 Å². The number of nitrogens with one attached hydrogen (secondary N) is 2. The fourth-order valence-electron chi connectivity index (χ4n) is 2.85. The third-order valence-electron chi connectivity index (χ3n) is 4.50. The van der Waals surface area contributed by atoms with E-state index in [0.717, 1.165) is 18.9 Å². The molecule has 0 spiro atoms. The Morgan fingerprint density at radius 2 is 1.92 bits per heavy atom. The number of halogens is 3. The first-order valence-electron chi connectivity index (χ1n) is 7.71. The van der Waals surface area contributed by atoms with E-state index in [2.05, 4.69) is 0 Å². The smallest absolute Gasteiger partial charge is 0.256 e. The highest BCUT2D eigenvalue weighted by Crippen LogP contribution is 2.33. The van der Waals surface area contributed by atoms with E-state index < -0.39 is 17.8 Å². The number of hydrogen-bond acceptors (Lipinski definition) is 3. The zero-order valence-corrected chi connectivity index (χ0v) is 14.6.